The molecule has 0 saturated heterocycles. The zero-order valence-electron chi connectivity index (χ0n) is 14.7. The molecule has 1 aromatic carbocycles. The Morgan fingerprint density at radius 2 is 1.92 bits per heavy atom. The monoisotopic (exact) mass is 343 g/mol. The lowest BCUT2D eigenvalue weighted by Crippen LogP contribution is -2.32. The van der Waals surface area contributed by atoms with E-state index < -0.39 is 0 Å². The van der Waals surface area contributed by atoms with Crippen molar-refractivity contribution in [3.05, 3.63) is 47.7 Å². The van der Waals surface area contributed by atoms with Crippen LogP contribution < -0.4 is 16.0 Å². The number of amides is 1. The van der Waals surface area contributed by atoms with Gasteiger partial charge in [0.2, 0.25) is 11.9 Å². The van der Waals surface area contributed by atoms with E-state index in [1.807, 2.05) is 50.2 Å². The fourth-order valence-electron chi connectivity index (χ4n) is 2.18. The third kappa shape index (κ3) is 7.17. The quantitative estimate of drug-likeness (QED) is 0.572. The Balaban J connectivity index is 1.63. The maximum absolute atomic E-state index is 11.7. The normalized spacial score (nSPS) is 10.3. The molecule has 0 radical (unpaired) electrons. The number of carbonyl (C=O) groups is 1. The number of benzene rings is 1. The number of rotatable bonds is 10. The number of hydrogen-bond donors (Lipinski definition) is 3. The summed E-state index contributed by atoms with van der Waals surface area (Å²) in [4.78, 5) is 20.4. The van der Waals surface area contributed by atoms with Crippen molar-refractivity contribution in [1.29, 1.82) is 0 Å². The Labute approximate surface area is 148 Å². The van der Waals surface area contributed by atoms with E-state index >= 15 is 0 Å². The molecule has 134 valence electrons. The van der Waals surface area contributed by atoms with Gasteiger partial charge in [-0.15, -0.1) is 0 Å². The van der Waals surface area contributed by atoms with Crippen molar-refractivity contribution >= 4 is 17.7 Å². The number of hydrogen-bond acceptors (Lipinski definition) is 6. The molecule has 3 N–H and O–H groups in total. The van der Waals surface area contributed by atoms with Crippen LogP contribution in [0.4, 0.5) is 11.8 Å². The van der Waals surface area contributed by atoms with Crippen molar-refractivity contribution in [3.8, 4) is 0 Å². The molecule has 0 unspecified atom stereocenters. The Bertz CT molecular complexity index is 664. The van der Waals surface area contributed by atoms with Gasteiger partial charge in [0.25, 0.3) is 0 Å². The van der Waals surface area contributed by atoms with Gasteiger partial charge in [-0.05, 0) is 19.4 Å². The van der Waals surface area contributed by atoms with E-state index in [0.29, 0.717) is 25.6 Å². The molecule has 0 saturated carbocycles. The van der Waals surface area contributed by atoms with Gasteiger partial charge in [-0.25, -0.2) is 4.98 Å². The van der Waals surface area contributed by atoms with E-state index in [0.717, 1.165) is 23.6 Å². The summed E-state index contributed by atoms with van der Waals surface area (Å²) in [7, 11) is 0. The average molecular weight is 343 g/mol. The standard InChI is InChI=1S/C18H25N5O2/c1-3-19-16-11-14(2)22-18(23-16)21-10-9-20-17(24)13-25-12-15-7-5-4-6-8-15/h4-8,11H,3,9-10,12-13H2,1-2H3,(H,20,24)(H2,19,21,22,23). The molecule has 0 aliphatic rings. The van der Waals surface area contributed by atoms with Crippen molar-refractivity contribution in [3.63, 3.8) is 0 Å². The summed E-state index contributed by atoms with van der Waals surface area (Å²) in [5.74, 6) is 1.19. The van der Waals surface area contributed by atoms with Gasteiger partial charge < -0.3 is 20.7 Å². The third-order valence-corrected chi connectivity index (χ3v) is 3.29. The second kappa shape index (κ2) is 10.2. The van der Waals surface area contributed by atoms with Gasteiger partial charge in [-0.2, -0.15) is 4.98 Å². The molecule has 2 aromatic rings. The first-order chi connectivity index (χ1) is 12.2. The highest BCUT2D eigenvalue weighted by molar-refractivity contribution is 5.77. The second-order valence-corrected chi connectivity index (χ2v) is 5.50. The summed E-state index contributed by atoms with van der Waals surface area (Å²) in [6.07, 6.45) is 0. The third-order valence-electron chi connectivity index (χ3n) is 3.29. The molecule has 2 rings (SSSR count). The Hall–Kier alpha value is -2.67. The zero-order chi connectivity index (χ0) is 17.9. The molecule has 0 aliphatic heterocycles. The summed E-state index contributed by atoms with van der Waals surface area (Å²) >= 11 is 0. The zero-order valence-corrected chi connectivity index (χ0v) is 14.7. The van der Waals surface area contributed by atoms with Gasteiger partial charge >= 0.3 is 0 Å². The van der Waals surface area contributed by atoms with Gasteiger partial charge in [0.1, 0.15) is 12.4 Å². The van der Waals surface area contributed by atoms with E-state index in [9.17, 15) is 4.79 Å². The minimum Gasteiger partial charge on any atom is -0.370 e. The SMILES string of the molecule is CCNc1cc(C)nc(NCCNC(=O)COCc2ccccc2)n1. The summed E-state index contributed by atoms with van der Waals surface area (Å²) in [6, 6.07) is 11.7. The lowest BCUT2D eigenvalue weighted by atomic mass is 10.2. The van der Waals surface area contributed by atoms with E-state index in [2.05, 4.69) is 25.9 Å². The molecule has 7 nitrogen and oxygen atoms in total. The van der Waals surface area contributed by atoms with Crippen molar-refractivity contribution in [1.82, 2.24) is 15.3 Å². The smallest absolute Gasteiger partial charge is 0.246 e. The second-order valence-electron chi connectivity index (χ2n) is 5.50. The van der Waals surface area contributed by atoms with Crippen LogP contribution in [0.3, 0.4) is 0 Å². The largest absolute Gasteiger partial charge is 0.370 e. The number of nitrogens with one attached hydrogen (secondary N) is 3. The lowest BCUT2D eigenvalue weighted by molar-refractivity contribution is -0.126. The number of carbonyl (C=O) groups excluding carboxylic acids is 1. The van der Waals surface area contributed by atoms with Crippen LogP contribution in [0, 0.1) is 6.92 Å². The van der Waals surface area contributed by atoms with Crippen LogP contribution in [0.1, 0.15) is 18.2 Å². The highest BCUT2D eigenvalue weighted by Gasteiger charge is 2.03. The predicted octanol–water partition coefficient (Wildman–Crippen LogP) is 1.96. The summed E-state index contributed by atoms with van der Waals surface area (Å²) in [5.41, 5.74) is 1.93. The number of anilines is 2. The number of aryl methyl sites for hydroxylation is 1. The fraction of sp³-hybridized carbons (Fsp3) is 0.389. The average Bonchev–Trinajstić information content (AvgIpc) is 2.59. The Morgan fingerprint density at radius 1 is 1.12 bits per heavy atom. The van der Waals surface area contributed by atoms with Crippen LogP contribution in [-0.4, -0.2) is 42.1 Å². The first-order valence-corrected chi connectivity index (χ1v) is 8.39. The lowest BCUT2D eigenvalue weighted by Gasteiger charge is -2.10. The summed E-state index contributed by atoms with van der Waals surface area (Å²) in [5, 5.41) is 9.06. The van der Waals surface area contributed by atoms with Crippen molar-refractivity contribution in [2.75, 3.05) is 36.9 Å². The fourth-order valence-corrected chi connectivity index (χ4v) is 2.18. The van der Waals surface area contributed by atoms with Crippen molar-refractivity contribution in [2.45, 2.75) is 20.5 Å². The number of ether oxygens (including phenoxy) is 1. The van der Waals surface area contributed by atoms with Crippen LogP contribution in [0.5, 0.6) is 0 Å². The minimum atomic E-state index is -0.142. The van der Waals surface area contributed by atoms with Crippen LogP contribution in [0.25, 0.3) is 0 Å². The highest BCUT2D eigenvalue weighted by atomic mass is 16.5. The van der Waals surface area contributed by atoms with E-state index in [1.165, 1.54) is 0 Å². The maximum atomic E-state index is 11.7. The molecular weight excluding hydrogens is 318 g/mol. The molecular formula is C18H25N5O2. The van der Waals surface area contributed by atoms with Gasteiger partial charge in [-0.3, -0.25) is 4.79 Å². The maximum Gasteiger partial charge on any atom is 0.246 e. The van der Waals surface area contributed by atoms with Crippen molar-refractivity contribution < 1.29 is 9.53 Å². The van der Waals surface area contributed by atoms with Crippen LogP contribution >= 0.6 is 0 Å². The Kier molecular flexibility index (Phi) is 7.65. The van der Waals surface area contributed by atoms with E-state index in [4.69, 9.17) is 4.74 Å². The predicted molar refractivity (Wildman–Crippen MR) is 98.5 cm³/mol. The minimum absolute atomic E-state index is 0.0421. The van der Waals surface area contributed by atoms with Gasteiger partial charge in [-0.1, -0.05) is 30.3 Å². The highest BCUT2D eigenvalue weighted by Crippen LogP contribution is 2.08. The van der Waals surface area contributed by atoms with Gasteiger partial charge in [0, 0.05) is 31.4 Å². The van der Waals surface area contributed by atoms with E-state index in [1.54, 1.807) is 0 Å². The number of aromatic nitrogens is 2. The van der Waals surface area contributed by atoms with E-state index in [-0.39, 0.29) is 12.5 Å². The van der Waals surface area contributed by atoms with Crippen molar-refractivity contribution in [2.24, 2.45) is 0 Å². The molecule has 0 bridgehead atoms. The van der Waals surface area contributed by atoms with Gasteiger partial charge in [0.15, 0.2) is 0 Å². The molecule has 1 amide bonds. The summed E-state index contributed by atoms with van der Waals surface area (Å²) < 4.78 is 5.39. The molecule has 0 aliphatic carbocycles. The first kappa shape index (κ1) is 18.7. The summed E-state index contributed by atoms with van der Waals surface area (Å²) in [6.45, 7) is 6.21. The topological polar surface area (TPSA) is 88.2 Å². The first-order valence-electron chi connectivity index (χ1n) is 8.39. The van der Waals surface area contributed by atoms with Crippen LogP contribution in [-0.2, 0) is 16.1 Å². The molecule has 25 heavy (non-hydrogen) atoms. The molecule has 0 atom stereocenters. The molecule has 1 aromatic heterocycles. The van der Waals surface area contributed by atoms with Crippen LogP contribution in [0.2, 0.25) is 0 Å². The number of nitrogens with zero attached hydrogens (tertiary/aromatic N) is 2. The van der Waals surface area contributed by atoms with Gasteiger partial charge in [0.05, 0.1) is 6.61 Å². The molecule has 7 heteroatoms. The molecule has 1 heterocycles. The Morgan fingerprint density at radius 3 is 2.68 bits per heavy atom. The van der Waals surface area contributed by atoms with Crippen LogP contribution in [0.15, 0.2) is 36.4 Å². The molecule has 0 spiro atoms. The molecule has 0 fully saturated rings.